The van der Waals surface area contributed by atoms with Crippen molar-refractivity contribution < 1.29 is 14.3 Å². The van der Waals surface area contributed by atoms with E-state index in [1.807, 2.05) is 38.1 Å². The largest absolute Gasteiger partial charge is 0.497 e. The standard InChI is InChI=1S/C17H27N3O3/c1-6-15(16(21)19(3)4)18-17(22)20(7-2)12-13-9-8-10-14(11-13)23-5/h8-11,15H,6-7,12H2,1-5H3,(H,18,22)/t15-/m0/s1. The van der Waals surface area contributed by atoms with Crippen molar-refractivity contribution >= 4 is 11.9 Å². The Morgan fingerprint density at radius 2 is 1.96 bits per heavy atom. The number of hydrogen-bond acceptors (Lipinski definition) is 3. The lowest BCUT2D eigenvalue weighted by Crippen LogP contribution is -2.50. The number of likely N-dealkylation sites (N-methyl/N-ethyl adjacent to an activating group) is 1. The van der Waals surface area contributed by atoms with Gasteiger partial charge in [0.15, 0.2) is 0 Å². The fourth-order valence-electron chi connectivity index (χ4n) is 2.21. The first-order chi connectivity index (χ1) is 10.9. The Balaban J connectivity index is 2.75. The molecule has 0 aliphatic heterocycles. The number of nitrogens with zero attached hydrogens (tertiary/aromatic N) is 2. The Kier molecular flexibility index (Phi) is 7.38. The maximum atomic E-state index is 12.4. The van der Waals surface area contributed by atoms with Crippen LogP contribution in [0.25, 0.3) is 0 Å². The van der Waals surface area contributed by atoms with Crippen molar-refractivity contribution in [3.8, 4) is 5.75 Å². The van der Waals surface area contributed by atoms with Gasteiger partial charge in [-0.15, -0.1) is 0 Å². The quantitative estimate of drug-likeness (QED) is 0.836. The number of carbonyl (C=O) groups is 2. The lowest BCUT2D eigenvalue weighted by atomic mass is 10.2. The van der Waals surface area contributed by atoms with Gasteiger partial charge in [0.1, 0.15) is 11.8 Å². The van der Waals surface area contributed by atoms with Crippen LogP contribution in [0.1, 0.15) is 25.8 Å². The summed E-state index contributed by atoms with van der Waals surface area (Å²) in [6, 6.07) is 6.86. The minimum absolute atomic E-state index is 0.0988. The van der Waals surface area contributed by atoms with Gasteiger partial charge in [0.05, 0.1) is 7.11 Å². The van der Waals surface area contributed by atoms with Gasteiger partial charge in [0.2, 0.25) is 5.91 Å². The van der Waals surface area contributed by atoms with E-state index in [0.717, 1.165) is 11.3 Å². The minimum Gasteiger partial charge on any atom is -0.497 e. The van der Waals surface area contributed by atoms with Crippen molar-refractivity contribution in [3.63, 3.8) is 0 Å². The summed E-state index contributed by atoms with van der Waals surface area (Å²) in [7, 11) is 4.98. The number of hydrogen-bond donors (Lipinski definition) is 1. The molecule has 1 N–H and O–H groups in total. The highest BCUT2D eigenvalue weighted by molar-refractivity contribution is 5.86. The van der Waals surface area contributed by atoms with E-state index in [0.29, 0.717) is 19.5 Å². The Morgan fingerprint density at radius 3 is 2.48 bits per heavy atom. The van der Waals surface area contributed by atoms with Gasteiger partial charge in [-0.05, 0) is 31.0 Å². The third-order valence-electron chi connectivity index (χ3n) is 3.62. The molecule has 0 saturated heterocycles. The minimum atomic E-state index is -0.503. The van der Waals surface area contributed by atoms with Crippen LogP contribution in [-0.2, 0) is 11.3 Å². The molecule has 0 aromatic heterocycles. The summed E-state index contributed by atoms with van der Waals surface area (Å²) >= 11 is 0. The molecule has 1 aromatic rings. The molecule has 3 amide bonds. The number of ether oxygens (including phenoxy) is 1. The van der Waals surface area contributed by atoms with Crippen molar-refractivity contribution in [3.05, 3.63) is 29.8 Å². The fourth-order valence-corrected chi connectivity index (χ4v) is 2.21. The molecule has 0 fully saturated rings. The molecule has 1 atom stereocenters. The van der Waals surface area contributed by atoms with E-state index in [1.165, 1.54) is 4.90 Å². The van der Waals surface area contributed by atoms with Crippen LogP contribution in [0.4, 0.5) is 4.79 Å². The number of nitrogens with one attached hydrogen (secondary N) is 1. The third-order valence-corrected chi connectivity index (χ3v) is 3.62. The highest BCUT2D eigenvalue weighted by Crippen LogP contribution is 2.14. The van der Waals surface area contributed by atoms with Crippen LogP contribution in [0.2, 0.25) is 0 Å². The molecule has 0 aliphatic rings. The predicted octanol–water partition coefficient (Wildman–Crippen LogP) is 2.09. The van der Waals surface area contributed by atoms with Crippen molar-refractivity contribution in [2.45, 2.75) is 32.9 Å². The predicted molar refractivity (Wildman–Crippen MR) is 90.4 cm³/mol. The number of rotatable bonds is 7. The number of carbonyl (C=O) groups excluding carboxylic acids is 2. The smallest absolute Gasteiger partial charge is 0.318 e. The van der Waals surface area contributed by atoms with E-state index in [4.69, 9.17) is 4.74 Å². The van der Waals surface area contributed by atoms with Crippen LogP contribution in [0.5, 0.6) is 5.75 Å². The zero-order valence-electron chi connectivity index (χ0n) is 14.6. The number of benzene rings is 1. The Morgan fingerprint density at radius 1 is 1.26 bits per heavy atom. The van der Waals surface area contributed by atoms with Crippen LogP contribution < -0.4 is 10.1 Å². The molecule has 1 aromatic carbocycles. The molecule has 6 heteroatoms. The van der Waals surface area contributed by atoms with Gasteiger partial charge in [-0.2, -0.15) is 0 Å². The summed E-state index contributed by atoms with van der Waals surface area (Å²) in [5.74, 6) is 0.659. The van der Waals surface area contributed by atoms with Crippen molar-refractivity contribution in [1.29, 1.82) is 0 Å². The van der Waals surface area contributed by atoms with Crippen molar-refractivity contribution in [2.24, 2.45) is 0 Å². The molecular formula is C17H27N3O3. The monoisotopic (exact) mass is 321 g/mol. The van der Waals surface area contributed by atoms with E-state index in [2.05, 4.69) is 5.32 Å². The molecule has 0 heterocycles. The molecule has 0 radical (unpaired) electrons. The summed E-state index contributed by atoms with van der Waals surface area (Å²) in [6.07, 6.45) is 0.555. The number of urea groups is 1. The van der Waals surface area contributed by atoms with Crippen molar-refractivity contribution in [2.75, 3.05) is 27.7 Å². The SMILES string of the molecule is CC[C@H](NC(=O)N(CC)Cc1cccc(OC)c1)C(=O)N(C)C. The van der Waals surface area contributed by atoms with E-state index in [1.54, 1.807) is 26.1 Å². The maximum Gasteiger partial charge on any atom is 0.318 e. The second kappa shape index (κ2) is 9.02. The topological polar surface area (TPSA) is 61.9 Å². The first-order valence-electron chi connectivity index (χ1n) is 7.82. The normalized spacial score (nSPS) is 11.5. The molecule has 0 bridgehead atoms. The molecule has 23 heavy (non-hydrogen) atoms. The molecule has 6 nitrogen and oxygen atoms in total. The third kappa shape index (κ3) is 5.47. The summed E-state index contributed by atoms with van der Waals surface area (Å²) in [5, 5.41) is 2.81. The first-order valence-corrected chi connectivity index (χ1v) is 7.82. The van der Waals surface area contributed by atoms with Gasteiger partial charge < -0.3 is 19.9 Å². The molecule has 0 spiro atoms. The molecule has 0 unspecified atom stereocenters. The van der Waals surface area contributed by atoms with Gasteiger partial charge in [-0.25, -0.2) is 4.79 Å². The molecular weight excluding hydrogens is 294 g/mol. The second-order valence-electron chi connectivity index (χ2n) is 5.51. The average Bonchev–Trinajstić information content (AvgIpc) is 2.56. The lowest BCUT2D eigenvalue weighted by Gasteiger charge is -2.26. The first kappa shape index (κ1) is 18.8. The van der Waals surface area contributed by atoms with Crippen LogP contribution in [0.15, 0.2) is 24.3 Å². The van der Waals surface area contributed by atoms with E-state index in [-0.39, 0.29) is 11.9 Å². The Bertz CT molecular complexity index is 532. The van der Waals surface area contributed by atoms with E-state index < -0.39 is 6.04 Å². The molecule has 1 rings (SSSR count). The van der Waals surface area contributed by atoms with Gasteiger partial charge in [-0.1, -0.05) is 19.1 Å². The maximum absolute atomic E-state index is 12.4. The van der Waals surface area contributed by atoms with E-state index in [9.17, 15) is 9.59 Å². The number of amides is 3. The Hall–Kier alpha value is -2.24. The summed E-state index contributed by atoms with van der Waals surface area (Å²) in [6.45, 7) is 4.81. The Labute approximate surface area is 138 Å². The molecule has 0 saturated carbocycles. The van der Waals surface area contributed by atoms with Crippen LogP contribution in [0.3, 0.4) is 0 Å². The highest BCUT2D eigenvalue weighted by atomic mass is 16.5. The zero-order valence-corrected chi connectivity index (χ0v) is 14.6. The van der Waals surface area contributed by atoms with Gasteiger partial charge in [0, 0.05) is 27.2 Å². The summed E-state index contributed by atoms with van der Waals surface area (Å²) in [4.78, 5) is 27.6. The van der Waals surface area contributed by atoms with Crippen LogP contribution >= 0.6 is 0 Å². The van der Waals surface area contributed by atoms with Gasteiger partial charge in [0.25, 0.3) is 0 Å². The molecule has 128 valence electrons. The van der Waals surface area contributed by atoms with Crippen LogP contribution in [0, 0.1) is 0 Å². The summed E-state index contributed by atoms with van der Waals surface area (Å²) < 4.78 is 5.20. The highest BCUT2D eigenvalue weighted by Gasteiger charge is 2.22. The van der Waals surface area contributed by atoms with Gasteiger partial charge >= 0.3 is 6.03 Å². The zero-order chi connectivity index (χ0) is 17.4. The lowest BCUT2D eigenvalue weighted by molar-refractivity contribution is -0.130. The van der Waals surface area contributed by atoms with Crippen LogP contribution in [-0.4, -0.2) is 55.5 Å². The fraction of sp³-hybridized carbons (Fsp3) is 0.529. The van der Waals surface area contributed by atoms with E-state index >= 15 is 0 Å². The second-order valence-corrected chi connectivity index (χ2v) is 5.51. The van der Waals surface area contributed by atoms with Gasteiger partial charge in [-0.3, -0.25) is 4.79 Å². The number of methoxy groups -OCH3 is 1. The average molecular weight is 321 g/mol. The van der Waals surface area contributed by atoms with Crippen molar-refractivity contribution in [1.82, 2.24) is 15.1 Å². The summed E-state index contributed by atoms with van der Waals surface area (Å²) in [5.41, 5.74) is 0.980. The molecule has 0 aliphatic carbocycles.